The van der Waals surface area contributed by atoms with Gasteiger partial charge < -0.3 is 15.0 Å². The van der Waals surface area contributed by atoms with Crippen molar-refractivity contribution in [2.45, 2.75) is 45.8 Å². The van der Waals surface area contributed by atoms with Gasteiger partial charge in [-0.15, -0.1) is 0 Å². The van der Waals surface area contributed by atoms with Gasteiger partial charge in [-0.2, -0.15) is 0 Å². The molecule has 1 unspecified atom stereocenters. The molecule has 2 aromatic carbocycles. The van der Waals surface area contributed by atoms with E-state index in [1.807, 2.05) is 20.8 Å². The SMILES string of the molecule is CC(C(=O)NC(C)(C)C)N(Cc1ccc(Cl)c(Cl)c1)C(=O)COc1ccc(Cl)cc1Br. The number of rotatable bonds is 7. The van der Waals surface area contributed by atoms with Crippen molar-refractivity contribution >= 4 is 62.5 Å². The molecule has 0 radical (unpaired) electrons. The number of amides is 2. The third-order valence-electron chi connectivity index (χ3n) is 4.25. The first-order valence-corrected chi connectivity index (χ1v) is 11.4. The quantitative estimate of drug-likeness (QED) is 0.452. The number of nitrogens with one attached hydrogen (secondary N) is 1. The lowest BCUT2D eigenvalue weighted by atomic mass is 10.1. The number of carbonyl (C=O) groups excluding carboxylic acids is 2. The molecule has 0 heterocycles. The van der Waals surface area contributed by atoms with Crippen molar-refractivity contribution in [3.05, 3.63) is 61.5 Å². The fourth-order valence-electron chi connectivity index (χ4n) is 2.71. The van der Waals surface area contributed by atoms with Crippen LogP contribution in [0.15, 0.2) is 40.9 Å². The van der Waals surface area contributed by atoms with E-state index >= 15 is 0 Å². The summed E-state index contributed by atoms with van der Waals surface area (Å²) in [7, 11) is 0. The van der Waals surface area contributed by atoms with E-state index in [0.717, 1.165) is 5.56 Å². The van der Waals surface area contributed by atoms with Crippen LogP contribution in [0.5, 0.6) is 5.75 Å². The van der Waals surface area contributed by atoms with Crippen LogP contribution in [-0.2, 0) is 16.1 Å². The first-order chi connectivity index (χ1) is 14.4. The lowest BCUT2D eigenvalue weighted by molar-refractivity contribution is -0.142. The molecule has 5 nitrogen and oxygen atoms in total. The van der Waals surface area contributed by atoms with Crippen LogP contribution in [0.4, 0.5) is 0 Å². The van der Waals surface area contributed by atoms with E-state index in [4.69, 9.17) is 39.5 Å². The summed E-state index contributed by atoms with van der Waals surface area (Å²) in [5.74, 6) is -0.155. The molecular formula is C22H24BrCl3N2O3. The second-order valence-electron chi connectivity index (χ2n) is 8.05. The Balaban J connectivity index is 2.23. The second-order valence-corrected chi connectivity index (χ2v) is 10.2. The minimum absolute atomic E-state index is 0.166. The Bertz CT molecular complexity index is 964. The number of hydrogen-bond acceptors (Lipinski definition) is 3. The summed E-state index contributed by atoms with van der Waals surface area (Å²) in [5.41, 5.74) is 0.305. The molecule has 0 fully saturated rings. The highest BCUT2D eigenvalue weighted by molar-refractivity contribution is 9.10. The van der Waals surface area contributed by atoms with E-state index in [0.29, 0.717) is 25.3 Å². The zero-order valence-electron chi connectivity index (χ0n) is 17.6. The number of hydrogen-bond donors (Lipinski definition) is 1. The summed E-state index contributed by atoms with van der Waals surface area (Å²) in [5, 5.41) is 4.24. The van der Waals surface area contributed by atoms with Gasteiger partial charge in [-0.1, -0.05) is 40.9 Å². The van der Waals surface area contributed by atoms with Crippen LogP contribution in [-0.4, -0.2) is 34.9 Å². The van der Waals surface area contributed by atoms with Gasteiger partial charge >= 0.3 is 0 Å². The number of nitrogens with zero attached hydrogens (tertiary/aromatic N) is 1. The van der Waals surface area contributed by atoms with Crippen LogP contribution in [0, 0.1) is 0 Å². The second kappa shape index (κ2) is 10.9. The van der Waals surface area contributed by atoms with Crippen LogP contribution in [0.25, 0.3) is 0 Å². The van der Waals surface area contributed by atoms with Gasteiger partial charge in [0.05, 0.1) is 14.5 Å². The lowest BCUT2D eigenvalue weighted by Crippen LogP contribution is -2.53. The topological polar surface area (TPSA) is 58.6 Å². The van der Waals surface area contributed by atoms with E-state index in [1.54, 1.807) is 43.3 Å². The highest BCUT2D eigenvalue weighted by atomic mass is 79.9. The van der Waals surface area contributed by atoms with Gasteiger partial charge in [-0.05, 0) is 79.5 Å². The highest BCUT2D eigenvalue weighted by Crippen LogP contribution is 2.28. The average Bonchev–Trinajstić information content (AvgIpc) is 2.66. The highest BCUT2D eigenvalue weighted by Gasteiger charge is 2.29. The maximum atomic E-state index is 13.1. The lowest BCUT2D eigenvalue weighted by Gasteiger charge is -2.31. The van der Waals surface area contributed by atoms with Gasteiger partial charge in [0, 0.05) is 17.1 Å². The Morgan fingerprint density at radius 1 is 1.10 bits per heavy atom. The van der Waals surface area contributed by atoms with Gasteiger partial charge in [0.25, 0.3) is 5.91 Å². The van der Waals surface area contributed by atoms with Gasteiger partial charge in [-0.25, -0.2) is 0 Å². The Hall–Kier alpha value is -1.47. The minimum atomic E-state index is -0.738. The summed E-state index contributed by atoms with van der Waals surface area (Å²) in [6.07, 6.45) is 0. The van der Waals surface area contributed by atoms with Gasteiger partial charge in [0.1, 0.15) is 11.8 Å². The molecule has 0 spiro atoms. The van der Waals surface area contributed by atoms with E-state index in [-0.39, 0.29) is 25.0 Å². The Morgan fingerprint density at radius 2 is 1.77 bits per heavy atom. The molecule has 0 aliphatic heterocycles. The molecule has 31 heavy (non-hydrogen) atoms. The predicted molar refractivity (Wildman–Crippen MR) is 129 cm³/mol. The number of ether oxygens (including phenoxy) is 1. The Morgan fingerprint density at radius 3 is 2.35 bits per heavy atom. The molecule has 0 bridgehead atoms. The van der Waals surface area contributed by atoms with Gasteiger partial charge in [0.2, 0.25) is 5.91 Å². The van der Waals surface area contributed by atoms with E-state index in [2.05, 4.69) is 21.2 Å². The first-order valence-electron chi connectivity index (χ1n) is 9.50. The monoisotopic (exact) mass is 548 g/mol. The molecule has 2 rings (SSSR count). The van der Waals surface area contributed by atoms with Crippen molar-refractivity contribution in [3.8, 4) is 5.75 Å². The third-order valence-corrected chi connectivity index (χ3v) is 5.84. The first kappa shape index (κ1) is 25.8. The van der Waals surface area contributed by atoms with Crippen molar-refractivity contribution in [2.24, 2.45) is 0 Å². The Labute approximate surface area is 206 Å². The Kier molecular flexibility index (Phi) is 9.07. The molecule has 2 aromatic rings. The molecule has 0 saturated carbocycles. The van der Waals surface area contributed by atoms with Crippen molar-refractivity contribution in [1.82, 2.24) is 10.2 Å². The van der Waals surface area contributed by atoms with Crippen LogP contribution in [0.3, 0.4) is 0 Å². The van der Waals surface area contributed by atoms with Crippen LogP contribution in [0.1, 0.15) is 33.3 Å². The summed E-state index contributed by atoms with van der Waals surface area (Å²) in [6, 6.07) is 9.36. The van der Waals surface area contributed by atoms with Crippen LogP contribution < -0.4 is 10.1 Å². The number of halogens is 4. The third kappa shape index (κ3) is 7.86. The summed E-state index contributed by atoms with van der Waals surface area (Å²) in [4.78, 5) is 27.3. The van der Waals surface area contributed by atoms with Crippen LogP contribution >= 0.6 is 50.7 Å². The largest absolute Gasteiger partial charge is 0.483 e. The van der Waals surface area contributed by atoms with Gasteiger partial charge in [-0.3, -0.25) is 9.59 Å². The molecule has 168 valence electrons. The van der Waals surface area contributed by atoms with E-state index < -0.39 is 11.6 Å². The van der Waals surface area contributed by atoms with Crippen molar-refractivity contribution < 1.29 is 14.3 Å². The zero-order chi connectivity index (χ0) is 23.3. The molecule has 2 amide bonds. The molecule has 0 aliphatic carbocycles. The van der Waals surface area contributed by atoms with Crippen LogP contribution in [0.2, 0.25) is 15.1 Å². The maximum Gasteiger partial charge on any atom is 0.261 e. The normalized spacial score (nSPS) is 12.3. The molecule has 1 N–H and O–H groups in total. The predicted octanol–water partition coefficient (Wildman–Crippen LogP) is 6.12. The fourth-order valence-corrected chi connectivity index (χ4v) is 3.82. The summed E-state index contributed by atoms with van der Waals surface area (Å²) < 4.78 is 6.30. The van der Waals surface area contributed by atoms with Crippen molar-refractivity contribution in [2.75, 3.05) is 6.61 Å². The number of benzene rings is 2. The molecule has 1 atom stereocenters. The van der Waals surface area contributed by atoms with Crippen molar-refractivity contribution in [1.29, 1.82) is 0 Å². The van der Waals surface area contributed by atoms with E-state index in [1.165, 1.54) is 4.90 Å². The van der Waals surface area contributed by atoms with E-state index in [9.17, 15) is 9.59 Å². The van der Waals surface area contributed by atoms with Gasteiger partial charge in [0.15, 0.2) is 6.61 Å². The zero-order valence-corrected chi connectivity index (χ0v) is 21.5. The fraction of sp³-hybridized carbons (Fsp3) is 0.364. The van der Waals surface area contributed by atoms with Crippen molar-refractivity contribution in [3.63, 3.8) is 0 Å². The standard InChI is InChI=1S/C22H24BrCl3N2O3/c1-13(21(30)27-22(2,3)4)28(11-14-5-7-17(25)18(26)9-14)20(29)12-31-19-8-6-15(24)10-16(19)23/h5-10,13H,11-12H2,1-4H3,(H,27,30). The molecular weight excluding hydrogens is 527 g/mol. The molecule has 9 heteroatoms. The molecule has 0 aromatic heterocycles. The summed E-state index contributed by atoms with van der Waals surface area (Å²) >= 11 is 21.4. The smallest absolute Gasteiger partial charge is 0.261 e. The average molecular weight is 551 g/mol. The molecule has 0 aliphatic rings. The molecule has 0 saturated heterocycles. The summed E-state index contributed by atoms with van der Waals surface area (Å²) in [6.45, 7) is 7.22. The maximum absolute atomic E-state index is 13.1. The number of carbonyl (C=O) groups is 2. The minimum Gasteiger partial charge on any atom is -0.483 e.